The second-order valence-electron chi connectivity index (χ2n) is 6.10. The zero-order chi connectivity index (χ0) is 22.6. The van der Waals surface area contributed by atoms with Crippen LogP contribution in [0.3, 0.4) is 0 Å². The highest BCUT2D eigenvalue weighted by molar-refractivity contribution is 7.89. The Bertz CT molecular complexity index is 1160. The van der Waals surface area contributed by atoms with Gasteiger partial charge in [0.25, 0.3) is 10.0 Å². The Morgan fingerprint density at radius 2 is 1.81 bits per heavy atom. The summed E-state index contributed by atoms with van der Waals surface area (Å²) in [6.07, 6.45) is -4.25. The highest BCUT2D eigenvalue weighted by Gasteiger charge is 2.38. The largest absolute Gasteiger partial charge is 0.471 e. The van der Waals surface area contributed by atoms with Gasteiger partial charge in [-0.3, -0.25) is 0 Å². The first-order chi connectivity index (χ1) is 14.5. The molecule has 14 heteroatoms. The molecule has 1 aromatic carbocycles. The summed E-state index contributed by atoms with van der Waals surface area (Å²) in [6.45, 7) is -0.0657. The summed E-state index contributed by atoms with van der Waals surface area (Å²) in [4.78, 5) is 18.7. The Balaban J connectivity index is 1.50. The molecule has 31 heavy (non-hydrogen) atoms. The molecule has 3 N–H and O–H groups in total. The fourth-order valence-corrected chi connectivity index (χ4v) is 2.72. The van der Waals surface area contributed by atoms with Crippen molar-refractivity contribution in [3.05, 3.63) is 59.6 Å². The molecule has 2 heterocycles. The van der Waals surface area contributed by atoms with Crippen LogP contribution in [0.15, 0.2) is 52.1 Å². The van der Waals surface area contributed by atoms with Crippen molar-refractivity contribution in [3.63, 3.8) is 0 Å². The summed E-state index contributed by atoms with van der Waals surface area (Å²) < 4.78 is 69.0. The maximum atomic E-state index is 12.5. The highest BCUT2D eigenvalue weighted by Crippen LogP contribution is 2.29. The van der Waals surface area contributed by atoms with Crippen LogP contribution in [-0.4, -0.2) is 29.6 Å². The third-order valence-electron chi connectivity index (χ3n) is 3.78. The lowest BCUT2D eigenvalue weighted by Gasteiger charge is -2.08. The number of pyridine rings is 1. The van der Waals surface area contributed by atoms with Crippen molar-refractivity contribution >= 4 is 16.1 Å². The van der Waals surface area contributed by atoms with E-state index in [4.69, 9.17) is 9.88 Å². The van der Waals surface area contributed by atoms with E-state index in [1.807, 2.05) is 0 Å². The molecule has 2 aromatic heterocycles. The minimum Gasteiger partial charge on any atom is -0.445 e. The Hall–Kier alpha value is -3.52. The molecule has 3 aromatic rings. The van der Waals surface area contributed by atoms with Crippen molar-refractivity contribution in [2.45, 2.75) is 24.4 Å². The minimum absolute atomic E-state index is 0.0851. The van der Waals surface area contributed by atoms with E-state index >= 15 is 0 Å². The number of ether oxygens (including phenoxy) is 1. The molecular weight excluding hydrogens is 443 g/mol. The number of hydrogen-bond acceptors (Lipinski definition) is 8. The lowest BCUT2D eigenvalue weighted by Crippen LogP contribution is -2.23. The number of hydrogen-bond donors (Lipinski definition) is 2. The smallest absolute Gasteiger partial charge is 0.445 e. The van der Waals surface area contributed by atoms with E-state index in [1.165, 1.54) is 30.5 Å². The lowest BCUT2D eigenvalue weighted by atomic mass is 10.1. The maximum absolute atomic E-state index is 12.5. The number of alkyl carbamates (subject to hydrolysis) is 1. The van der Waals surface area contributed by atoms with Crippen LogP contribution in [0, 0.1) is 0 Å². The number of carbonyl (C=O) groups is 1. The van der Waals surface area contributed by atoms with Gasteiger partial charge in [0.2, 0.25) is 5.82 Å². The van der Waals surface area contributed by atoms with E-state index in [0.717, 1.165) is 0 Å². The highest BCUT2D eigenvalue weighted by atomic mass is 32.2. The summed E-state index contributed by atoms with van der Waals surface area (Å²) >= 11 is 0. The van der Waals surface area contributed by atoms with Crippen LogP contribution in [0.4, 0.5) is 18.0 Å². The Morgan fingerprint density at radius 3 is 2.35 bits per heavy atom. The summed E-state index contributed by atoms with van der Waals surface area (Å²) in [5, 5.41) is 10.4. The molecule has 0 bridgehead atoms. The van der Waals surface area contributed by atoms with Crippen molar-refractivity contribution < 1.29 is 35.6 Å². The van der Waals surface area contributed by atoms with Gasteiger partial charge in [0.1, 0.15) is 6.61 Å². The number of carbonyl (C=O) groups excluding carboxylic acids is 1. The number of benzene rings is 1. The number of nitrogens with one attached hydrogen (secondary N) is 1. The van der Waals surface area contributed by atoms with E-state index < -0.39 is 28.2 Å². The van der Waals surface area contributed by atoms with Crippen LogP contribution in [0.5, 0.6) is 0 Å². The van der Waals surface area contributed by atoms with Crippen LogP contribution >= 0.6 is 0 Å². The van der Waals surface area contributed by atoms with E-state index in [0.29, 0.717) is 16.7 Å². The van der Waals surface area contributed by atoms with Gasteiger partial charge < -0.3 is 14.6 Å². The number of nitrogens with zero attached hydrogens (tertiary/aromatic N) is 3. The summed E-state index contributed by atoms with van der Waals surface area (Å²) in [5.41, 5.74) is 1.39. The molecule has 0 aliphatic carbocycles. The van der Waals surface area contributed by atoms with Crippen molar-refractivity contribution in [1.29, 1.82) is 0 Å². The van der Waals surface area contributed by atoms with Crippen LogP contribution in [0.25, 0.3) is 11.4 Å². The standard InChI is InChI=1S/C17H14F3N5O5S/c18-17(19,20)15-24-14(25-30-15)12-4-1-10(2-5-12)7-23-16(26)29-9-11-3-6-13(22-8-11)31(21,27)28/h1-6,8H,7,9H2,(H,23,26)(H2,21,27,28). The van der Waals surface area contributed by atoms with Crippen molar-refractivity contribution in [1.82, 2.24) is 20.4 Å². The number of sulfonamides is 1. The topological polar surface area (TPSA) is 150 Å². The summed E-state index contributed by atoms with van der Waals surface area (Å²) in [5.74, 6) is -1.65. The Labute approximate surface area is 173 Å². The first kappa shape index (κ1) is 22.2. The number of aromatic nitrogens is 3. The minimum atomic E-state index is -4.73. The summed E-state index contributed by atoms with van der Waals surface area (Å²) in [7, 11) is -3.91. The monoisotopic (exact) mass is 457 g/mol. The molecule has 0 saturated carbocycles. The van der Waals surface area contributed by atoms with Gasteiger partial charge in [-0.1, -0.05) is 35.5 Å². The predicted molar refractivity (Wildman–Crippen MR) is 97.4 cm³/mol. The summed E-state index contributed by atoms with van der Waals surface area (Å²) in [6, 6.07) is 8.68. The molecule has 1 amide bonds. The molecule has 0 aliphatic rings. The van der Waals surface area contributed by atoms with Gasteiger partial charge in [-0.25, -0.2) is 23.3 Å². The van der Waals surface area contributed by atoms with Crippen LogP contribution in [0.1, 0.15) is 17.0 Å². The normalized spacial score (nSPS) is 11.9. The average Bonchev–Trinajstić information content (AvgIpc) is 3.21. The molecule has 0 atom stereocenters. The molecule has 10 nitrogen and oxygen atoms in total. The van der Waals surface area contributed by atoms with Crippen LogP contribution in [0.2, 0.25) is 0 Å². The zero-order valence-electron chi connectivity index (χ0n) is 15.5. The van der Waals surface area contributed by atoms with Gasteiger partial charge in [-0.15, -0.1) is 0 Å². The molecule has 0 aliphatic heterocycles. The average molecular weight is 457 g/mol. The number of amides is 1. The van der Waals surface area contributed by atoms with Crippen molar-refractivity contribution in [3.8, 4) is 11.4 Å². The number of halogens is 3. The number of primary sulfonamides is 1. The van der Waals surface area contributed by atoms with Gasteiger partial charge in [0.05, 0.1) is 0 Å². The molecule has 0 unspecified atom stereocenters. The predicted octanol–water partition coefficient (Wildman–Crippen LogP) is 2.22. The Morgan fingerprint density at radius 1 is 1.13 bits per heavy atom. The molecule has 164 valence electrons. The first-order valence-corrected chi connectivity index (χ1v) is 9.95. The number of nitrogens with two attached hydrogens (primary N) is 1. The van der Waals surface area contributed by atoms with Gasteiger partial charge in [0, 0.05) is 23.9 Å². The first-order valence-electron chi connectivity index (χ1n) is 8.41. The van der Waals surface area contributed by atoms with Gasteiger partial charge in [-0.05, 0) is 11.6 Å². The van der Waals surface area contributed by atoms with Crippen LogP contribution in [-0.2, 0) is 34.1 Å². The van der Waals surface area contributed by atoms with Gasteiger partial charge >= 0.3 is 18.2 Å². The molecule has 0 radical (unpaired) electrons. The fourth-order valence-electron chi connectivity index (χ4n) is 2.27. The molecule has 0 saturated heterocycles. The SMILES string of the molecule is NS(=O)(=O)c1ccc(COC(=O)NCc2ccc(-c3noc(C(F)(F)F)n3)cc2)cn1. The quantitative estimate of drug-likeness (QED) is 0.572. The molecule has 0 spiro atoms. The fraction of sp³-hybridized carbons (Fsp3) is 0.176. The molecule has 3 rings (SSSR count). The second kappa shape index (κ2) is 8.69. The van der Waals surface area contributed by atoms with E-state index in [2.05, 4.69) is 25.0 Å². The van der Waals surface area contributed by atoms with E-state index in [1.54, 1.807) is 12.1 Å². The van der Waals surface area contributed by atoms with Gasteiger partial charge in [-0.2, -0.15) is 18.2 Å². The Kier molecular flexibility index (Phi) is 6.21. The van der Waals surface area contributed by atoms with Crippen molar-refractivity contribution in [2.75, 3.05) is 0 Å². The molecular formula is C17H14F3N5O5S. The third-order valence-corrected chi connectivity index (χ3v) is 4.60. The van der Waals surface area contributed by atoms with Crippen LogP contribution < -0.4 is 10.5 Å². The maximum Gasteiger partial charge on any atom is 0.471 e. The number of rotatable bonds is 6. The number of alkyl halides is 3. The van der Waals surface area contributed by atoms with Gasteiger partial charge in [0.15, 0.2) is 5.03 Å². The zero-order valence-corrected chi connectivity index (χ0v) is 16.3. The lowest BCUT2D eigenvalue weighted by molar-refractivity contribution is -0.159. The third kappa shape index (κ3) is 5.99. The second-order valence-corrected chi connectivity index (χ2v) is 7.61. The van der Waals surface area contributed by atoms with E-state index in [-0.39, 0.29) is 24.0 Å². The molecule has 0 fully saturated rings. The van der Waals surface area contributed by atoms with Crippen molar-refractivity contribution in [2.24, 2.45) is 5.14 Å². The van der Waals surface area contributed by atoms with E-state index in [9.17, 15) is 26.4 Å².